The number of hydrogen-bond acceptors (Lipinski definition) is 4. The van der Waals surface area contributed by atoms with E-state index in [2.05, 4.69) is 15.5 Å². The van der Waals surface area contributed by atoms with Gasteiger partial charge in [-0.15, -0.1) is 0 Å². The van der Waals surface area contributed by atoms with E-state index in [0.717, 1.165) is 69.9 Å². The molecule has 25 heavy (non-hydrogen) atoms. The Morgan fingerprint density at radius 2 is 1.56 bits per heavy atom. The second kappa shape index (κ2) is 7.23. The minimum atomic E-state index is -0.164. The minimum absolute atomic E-state index is 0.0775. The molecule has 0 aromatic rings. The third-order valence-electron chi connectivity index (χ3n) is 6.78. The molecule has 2 N–H and O–H groups in total. The molecule has 5 aliphatic rings. The molecule has 5 fully saturated rings. The highest BCUT2D eigenvalue weighted by atomic mass is 16.5. The number of hydrogen-bond donors (Lipinski definition) is 2. The summed E-state index contributed by atoms with van der Waals surface area (Å²) in [6.07, 6.45) is 7.12. The Kier molecular flexibility index (Phi) is 5.00. The average molecular weight is 349 g/mol. The van der Waals surface area contributed by atoms with Crippen molar-refractivity contribution in [2.75, 3.05) is 45.9 Å². The number of amides is 2. The summed E-state index contributed by atoms with van der Waals surface area (Å²) < 4.78 is 5.32. The van der Waals surface area contributed by atoms with Gasteiger partial charge in [-0.2, -0.15) is 0 Å². The van der Waals surface area contributed by atoms with Crippen LogP contribution in [0.25, 0.3) is 0 Å². The van der Waals surface area contributed by atoms with Crippen LogP contribution < -0.4 is 10.6 Å². The van der Waals surface area contributed by atoms with E-state index in [1.165, 1.54) is 19.3 Å². The second-order valence-corrected chi connectivity index (χ2v) is 8.68. The zero-order valence-electron chi connectivity index (χ0n) is 15.1. The van der Waals surface area contributed by atoms with Crippen LogP contribution in [0.15, 0.2) is 0 Å². The van der Waals surface area contributed by atoms with Gasteiger partial charge in [-0.05, 0) is 56.3 Å². The Morgan fingerprint density at radius 3 is 2.16 bits per heavy atom. The lowest BCUT2D eigenvalue weighted by molar-refractivity contribution is -0.147. The molecule has 1 aliphatic heterocycles. The minimum Gasteiger partial charge on any atom is -0.379 e. The summed E-state index contributed by atoms with van der Waals surface area (Å²) >= 11 is 0. The summed E-state index contributed by atoms with van der Waals surface area (Å²) in [6.45, 7) is 5.00. The van der Waals surface area contributed by atoms with E-state index in [1.807, 2.05) is 0 Å². The van der Waals surface area contributed by atoms with Gasteiger partial charge in [0, 0.05) is 31.6 Å². The number of carbonyl (C=O) groups excluding carboxylic acids is 2. The van der Waals surface area contributed by atoms with Crippen molar-refractivity contribution in [2.45, 2.75) is 38.5 Å². The molecule has 6 nitrogen and oxygen atoms in total. The summed E-state index contributed by atoms with van der Waals surface area (Å²) in [5.41, 5.74) is -0.164. The zero-order chi connectivity index (χ0) is 17.3. The molecule has 0 spiro atoms. The normalized spacial score (nSPS) is 37.0. The molecule has 1 saturated heterocycles. The van der Waals surface area contributed by atoms with Gasteiger partial charge in [0.15, 0.2) is 0 Å². The van der Waals surface area contributed by atoms with E-state index >= 15 is 0 Å². The first kappa shape index (κ1) is 17.3. The van der Waals surface area contributed by atoms with Crippen LogP contribution in [-0.2, 0) is 14.3 Å². The van der Waals surface area contributed by atoms with Gasteiger partial charge in [0.2, 0.25) is 11.8 Å². The van der Waals surface area contributed by atoms with E-state index in [-0.39, 0.29) is 23.8 Å². The Labute approximate surface area is 150 Å². The molecule has 0 aromatic carbocycles. The van der Waals surface area contributed by atoms with Crippen molar-refractivity contribution in [3.8, 4) is 0 Å². The van der Waals surface area contributed by atoms with Gasteiger partial charge in [0.05, 0.1) is 19.8 Å². The Morgan fingerprint density at radius 1 is 0.960 bits per heavy atom. The molecular weight excluding hydrogens is 318 g/mol. The highest BCUT2D eigenvalue weighted by Gasteiger charge is 2.54. The Balaban J connectivity index is 1.19. The van der Waals surface area contributed by atoms with Gasteiger partial charge in [0.25, 0.3) is 0 Å². The molecule has 0 unspecified atom stereocenters. The highest BCUT2D eigenvalue weighted by Crippen LogP contribution is 2.60. The molecule has 4 bridgehead atoms. The lowest BCUT2D eigenvalue weighted by Gasteiger charge is -2.55. The van der Waals surface area contributed by atoms with E-state index in [9.17, 15) is 9.59 Å². The van der Waals surface area contributed by atoms with Gasteiger partial charge < -0.3 is 15.4 Å². The fourth-order valence-electron chi connectivity index (χ4n) is 5.98. The predicted octanol–water partition coefficient (Wildman–Crippen LogP) is 0.767. The van der Waals surface area contributed by atoms with Crippen LogP contribution in [0.3, 0.4) is 0 Å². The smallest absolute Gasteiger partial charge is 0.239 e. The van der Waals surface area contributed by atoms with Gasteiger partial charge in [0.1, 0.15) is 0 Å². The standard InChI is InChI=1S/C19H31N3O3/c23-17(20-1-2-22-3-5-25-6-4-22)13-21-18(24)19-10-14-7-15(11-19)9-16(8-14)12-19/h14-16H,1-13H2,(H,20,23)(H,21,24). The maximum absolute atomic E-state index is 12.8. The number of morpholine rings is 1. The molecule has 2 amide bonds. The van der Waals surface area contributed by atoms with Crippen molar-refractivity contribution in [1.29, 1.82) is 0 Å². The van der Waals surface area contributed by atoms with Crippen molar-refractivity contribution in [3.05, 3.63) is 0 Å². The molecule has 140 valence electrons. The number of nitrogens with one attached hydrogen (secondary N) is 2. The molecule has 6 heteroatoms. The lowest BCUT2D eigenvalue weighted by atomic mass is 9.49. The third kappa shape index (κ3) is 3.85. The Bertz CT molecular complexity index is 481. The first-order valence-electron chi connectivity index (χ1n) is 9.98. The van der Waals surface area contributed by atoms with Gasteiger partial charge in [-0.25, -0.2) is 0 Å². The predicted molar refractivity (Wildman–Crippen MR) is 93.9 cm³/mol. The topological polar surface area (TPSA) is 70.7 Å². The molecule has 0 aromatic heterocycles. The number of carbonyl (C=O) groups is 2. The fourth-order valence-corrected chi connectivity index (χ4v) is 5.98. The maximum atomic E-state index is 12.8. The summed E-state index contributed by atoms with van der Waals surface area (Å²) in [6, 6.07) is 0. The molecule has 0 radical (unpaired) electrons. The van der Waals surface area contributed by atoms with Gasteiger partial charge in [-0.1, -0.05) is 0 Å². The SMILES string of the molecule is O=C(CNC(=O)C12CC3CC(CC(C3)C1)C2)NCCN1CCOCC1. The van der Waals surface area contributed by atoms with Crippen LogP contribution in [0.4, 0.5) is 0 Å². The van der Waals surface area contributed by atoms with Crippen LogP contribution in [-0.4, -0.2) is 62.7 Å². The quantitative estimate of drug-likeness (QED) is 0.743. The summed E-state index contributed by atoms with van der Waals surface area (Å²) in [5, 5.41) is 5.87. The molecule has 4 saturated carbocycles. The molecule has 0 atom stereocenters. The highest BCUT2D eigenvalue weighted by molar-refractivity contribution is 5.88. The first-order chi connectivity index (χ1) is 12.1. The van der Waals surface area contributed by atoms with Crippen LogP contribution in [0.2, 0.25) is 0 Å². The molecular formula is C19H31N3O3. The van der Waals surface area contributed by atoms with Gasteiger partial charge in [-0.3, -0.25) is 14.5 Å². The second-order valence-electron chi connectivity index (χ2n) is 8.68. The maximum Gasteiger partial charge on any atom is 0.239 e. The number of rotatable bonds is 6. The third-order valence-corrected chi connectivity index (χ3v) is 6.78. The summed E-state index contributed by atoms with van der Waals surface area (Å²) in [4.78, 5) is 27.1. The van der Waals surface area contributed by atoms with Crippen LogP contribution in [0.5, 0.6) is 0 Å². The number of nitrogens with zero attached hydrogens (tertiary/aromatic N) is 1. The zero-order valence-corrected chi connectivity index (χ0v) is 15.1. The molecule has 5 rings (SSSR count). The number of ether oxygens (including phenoxy) is 1. The van der Waals surface area contributed by atoms with Crippen LogP contribution in [0.1, 0.15) is 38.5 Å². The largest absolute Gasteiger partial charge is 0.379 e. The van der Waals surface area contributed by atoms with Crippen molar-refractivity contribution in [3.63, 3.8) is 0 Å². The van der Waals surface area contributed by atoms with Crippen molar-refractivity contribution in [1.82, 2.24) is 15.5 Å². The lowest BCUT2D eigenvalue weighted by Crippen LogP contribution is -2.54. The van der Waals surface area contributed by atoms with E-state index in [4.69, 9.17) is 4.74 Å². The van der Waals surface area contributed by atoms with Crippen molar-refractivity contribution < 1.29 is 14.3 Å². The Hall–Kier alpha value is -1.14. The molecule has 1 heterocycles. The van der Waals surface area contributed by atoms with E-state index in [0.29, 0.717) is 6.54 Å². The van der Waals surface area contributed by atoms with Gasteiger partial charge >= 0.3 is 0 Å². The summed E-state index contributed by atoms with van der Waals surface area (Å²) in [7, 11) is 0. The average Bonchev–Trinajstić information content (AvgIpc) is 2.59. The van der Waals surface area contributed by atoms with Crippen molar-refractivity contribution in [2.24, 2.45) is 23.2 Å². The van der Waals surface area contributed by atoms with Crippen molar-refractivity contribution >= 4 is 11.8 Å². The molecule has 4 aliphatic carbocycles. The first-order valence-corrected chi connectivity index (χ1v) is 9.98. The van der Waals surface area contributed by atoms with E-state index in [1.54, 1.807) is 0 Å². The fraction of sp³-hybridized carbons (Fsp3) is 0.895. The van der Waals surface area contributed by atoms with Crippen LogP contribution in [0, 0.1) is 23.2 Å². The van der Waals surface area contributed by atoms with Crippen LogP contribution >= 0.6 is 0 Å². The van der Waals surface area contributed by atoms with E-state index < -0.39 is 0 Å². The summed E-state index contributed by atoms with van der Waals surface area (Å²) in [5.74, 6) is 2.30. The monoisotopic (exact) mass is 349 g/mol.